The van der Waals surface area contributed by atoms with Gasteiger partial charge < -0.3 is 38.7 Å². The lowest BCUT2D eigenvalue weighted by molar-refractivity contribution is -0.142. The molecular formula is C19H29N7O5. The van der Waals surface area contributed by atoms with Crippen LogP contribution in [0.2, 0.25) is 0 Å². The molecule has 0 fully saturated rings. The summed E-state index contributed by atoms with van der Waals surface area (Å²) in [6.45, 7) is 0.178. The van der Waals surface area contributed by atoms with Gasteiger partial charge in [-0.15, -0.1) is 0 Å². The maximum Gasteiger partial charge on any atom is 0.326 e. The number of carbonyl (C=O) groups is 4. The maximum absolute atomic E-state index is 12.5. The van der Waals surface area contributed by atoms with Crippen LogP contribution in [0.1, 0.15) is 24.8 Å². The second kappa shape index (κ2) is 12.8. The van der Waals surface area contributed by atoms with Crippen molar-refractivity contribution in [3.05, 3.63) is 35.9 Å². The Balaban J connectivity index is 2.75. The zero-order chi connectivity index (χ0) is 23.4. The Labute approximate surface area is 179 Å². The van der Waals surface area contributed by atoms with E-state index in [1.807, 2.05) is 6.07 Å². The van der Waals surface area contributed by atoms with Crippen LogP contribution in [0.15, 0.2) is 35.3 Å². The molecule has 1 aromatic carbocycles. The van der Waals surface area contributed by atoms with Crippen molar-refractivity contribution in [3.63, 3.8) is 0 Å². The van der Waals surface area contributed by atoms with Crippen molar-refractivity contribution in [3.8, 4) is 0 Å². The van der Waals surface area contributed by atoms with Crippen LogP contribution in [0.4, 0.5) is 0 Å². The van der Waals surface area contributed by atoms with Crippen LogP contribution < -0.4 is 33.6 Å². The largest absolute Gasteiger partial charge is 0.480 e. The fraction of sp³-hybridized carbons (Fsp3) is 0.421. The van der Waals surface area contributed by atoms with E-state index in [-0.39, 0.29) is 31.8 Å². The van der Waals surface area contributed by atoms with Gasteiger partial charge in [0.25, 0.3) is 0 Å². The first-order chi connectivity index (χ1) is 14.6. The first-order valence-electron chi connectivity index (χ1n) is 9.57. The molecule has 0 aromatic heterocycles. The predicted octanol–water partition coefficient (Wildman–Crippen LogP) is -2.46. The number of aliphatic carboxylic acids is 1. The molecule has 0 aliphatic carbocycles. The molecule has 0 unspecified atom stereocenters. The molecular weight excluding hydrogens is 406 g/mol. The van der Waals surface area contributed by atoms with Gasteiger partial charge in [0.15, 0.2) is 5.96 Å². The summed E-state index contributed by atoms with van der Waals surface area (Å²) < 4.78 is 0. The van der Waals surface area contributed by atoms with Crippen LogP contribution in [-0.4, -0.2) is 59.4 Å². The zero-order valence-corrected chi connectivity index (χ0v) is 17.0. The molecule has 0 saturated carbocycles. The fourth-order valence-corrected chi connectivity index (χ4v) is 2.68. The number of rotatable bonds is 13. The molecule has 31 heavy (non-hydrogen) atoms. The van der Waals surface area contributed by atoms with E-state index in [0.717, 1.165) is 5.56 Å². The lowest BCUT2D eigenvalue weighted by Gasteiger charge is -2.22. The summed E-state index contributed by atoms with van der Waals surface area (Å²) in [4.78, 5) is 51.5. The van der Waals surface area contributed by atoms with Crippen molar-refractivity contribution < 1.29 is 24.3 Å². The van der Waals surface area contributed by atoms with Crippen molar-refractivity contribution in [1.29, 1.82) is 0 Å². The van der Waals surface area contributed by atoms with Crippen LogP contribution in [0.25, 0.3) is 0 Å². The molecule has 0 radical (unpaired) electrons. The van der Waals surface area contributed by atoms with Gasteiger partial charge >= 0.3 is 5.97 Å². The number of primary amides is 1. The lowest BCUT2D eigenvalue weighted by Crippen LogP contribution is -2.55. The van der Waals surface area contributed by atoms with E-state index in [1.165, 1.54) is 0 Å². The van der Waals surface area contributed by atoms with E-state index >= 15 is 0 Å². The number of guanidine groups is 1. The molecule has 170 valence electrons. The van der Waals surface area contributed by atoms with Crippen molar-refractivity contribution in [1.82, 2.24) is 10.6 Å². The SMILES string of the molecule is NC(=O)C[C@H](NC(=O)[C@@H](N)Cc1ccccc1)C(=O)N[C@@H](CCCN=C(N)N)C(=O)O. The summed E-state index contributed by atoms with van der Waals surface area (Å²) in [5, 5.41) is 14.0. The molecule has 12 nitrogen and oxygen atoms in total. The Bertz CT molecular complexity index is 796. The van der Waals surface area contributed by atoms with E-state index in [4.69, 9.17) is 22.9 Å². The molecule has 11 N–H and O–H groups in total. The third-order valence-corrected chi connectivity index (χ3v) is 4.23. The van der Waals surface area contributed by atoms with Gasteiger partial charge in [0, 0.05) is 6.54 Å². The van der Waals surface area contributed by atoms with Crippen molar-refractivity contribution in [2.75, 3.05) is 6.54 Å². The topological polar surface area (TPSA) is 229 Å². The Morgan fingerprint density at radius 2 is 1.58 bits per heavy atom. The van der Waals surface area contributed by atoms with Gasteiger partial charge in [-0.05, 0) is 24.8 Å². The minimum absolute atomic E-state index is 0.0304. The van der Waals surface area contributed by atoms with Gasteiger partial charge in [0.05, 0.1) is 12.5 Å². The van der Waals surface area contributed by atoms with Gasteiger partial charge in [-0.2, -0.15) is 0 Å². The molecule has 0 aliphatic rings. The molecule has 0 saturated heterocycles. The Hall–Kier alpha value is -3.67. The molecule has 3 amide bonds. The van der Waals surface area contributed by atoms with E-state index in [1.54, 1.807) is 24.3 Å². The summed E-state index contributed by atoms with van der Waals surface area (Å²) in [7, 11) is 0. The summed E-state index contributed by atoms with van der Waals surface area (Å²) in [6, 6.07) is 5.36. The first-order valence-corrected chi connectivity index (χ1v) is 9.57. The zero-order valence-electron chi connectivity index (χ0n) is 17.0. The van der Waals surface area contributed by atoms with Crippen molar-refractivity contribution in [2.45, 2.75) is 43.8 Å². The first kappa shape index (κ1) is 25.4. The number of nitrogens with zero attached hydrogens (tertiary/aromatic N) is 1. The number of aliphatic imine (C=N–C) groups is 1. The molecule has 12 heteroatoms. The van der Waals surface area contributed by atoms with E-state index < -0.39 is 48.2 Å². The molecule has 0 aliphatic heterocycles. The van der Waals surface area contributed by atoms with Gasteiger partial charge in [-0.25, -0.2) is 4.79 Å². The number of carboxylic acids is 1. The molecule has 1 aromatic rings. The second-order valence-corrected chi connectivity index (χ2v) is 6.88. The van der Waals surface area contributed by atoms with Crippen LogP contribution >= 0.6 is 0 Å². The predicted molar refractivity (Wildman–Crippen MR) is 113 cm³/mol. The number of nitrogens with one attached hydrogen (secondary N) is 2. The second-order valence-electron chi connectivity index (χ2n) is 6.88. The quantitative estimate of drug-likeness (QED) is 0.0995. The Morgan fingerprint density at radius 3 is 2.13 bits per heavy atom. The monoisotopic (exact) mass is 435 g/mol. The molecule has 3 atom stereocenters. The number of hydrogen-bond donors (Lipinski definition) is 7. The molecule has 0 heterocycles. The van der Waals surface area contributed by atoms with E-state index in [2.05, 4.69) is 15.6 Å². The highest BCUT2D eigenvalue weighted by molar-refractivity contribution is 5.94. The minimum Gasteiger partial charge on any atom is -0.480 e. The minimum atomic E-state index is -1.37. The average Bonchev–Trinajstić information content (AvgIpc) is 2.69. The number of carbonyl (C=O) groups excluding carboxylic acids is 3. The number of amides is 3. The number of carboxylic acid groups (broad SMARTS) is 1. The normalized spacial score (nSPS) is 13.3. The summed E-state index contributed by atoms with van der Waals surface area (Å²) in [5.74, 6) is -3.81. The van der Waals surface area contributed by atoms with Crippen LogP contribution in [0.5, 0.6) is 0 Å². The van der Waals surface area contributed by atoms with Crippen molar-refractivity contribution >= 4 is 29.7 Å². The highest BCUT2D eigenvalue weighted by Crippen LogP contribution is 2.04. The lowest BCUT2D eigenvalue weighted by atomic mass is 10.0. The van der Waals surface area contributed by atoms with Gasteiger partial charge in [-0.1, -0.05) is 30.3 Å². The molecule has 1 rings (SSSR count). The fourth-order valence-electron chi connectivity index (χ4n) is 2.68. The third kappa shape index (κ3) is 10.1. The smallest absolute Gasteiger partial charge is 0.326 e. The molecule has 0 spiro atoms. The van der Waals surface area contributed by atoms with Gasteiger partial charge in [-0.3, -0.25) is 19.4 Å². The van der Waals surface area contributed by atoms with Crippen LogP contribution in [0.3, 0.4) is 0 Å². The number of hydrogen-bond acceptors (Lipinski definition) is 6. The van der Waals surface area contributed by atoms with Crippen LogP contribution in [-0.2, 0) is 25.6 Å². The van der Waals surface area contributed by atoms with Gasteiger partial charge in [0.2, 0.25) is 17.7 Å². The molecule has 0 bridgehead atoms. The number of nitrogens with two attached hydrogens (primary N) is 4. The van der Waals surface area contributed by atoms with Gasteiger partial charge in [0.1, 0.15) is 12.1 Å². The third-order valence-electron chi connectivity index (χ3n) is 4.23. The average molecular weight is 435 g/mol. The number of benzene rings is 1. The Morgan fingerprint density at radius 1 is 0.968 bits per heavy atom. The highest BCUT2D eigenvalue weighted by Gasteiger charge is 2.29. The summed E-state index contributed by atoms with van der Waals surface area (Å²) in [6.07, 6.45) is 0.00263. The highest BCUT2D eigenvalue weighted by atomic mass is 16.4. The summed E-state index contributed by atoms with van der Waals surface area (Å²) >= 11 is 0. The standard InChI is InChI=1S/C19H29N7O5/c20-12(9-11-5-2-1-3-6-11)16(28)26-14(10-15(21)27)17(29)25-13(18(30)31)7-4-8-24-19(22)23/h1-3,5-6,12-14H,4,7-10,20H2,(H2,21,27)(H,25,29)(H,26,28)(H,30,31)(H4,22,23,24)/t12-,13-,14-/m0/s1. The maximum atomic E-state index is 12.5. The van der Waals surface area contributed by atoms with Crippen molar-refractivity contribution in [2.24, 2.45) is 27.9 Å². The van der Waals surface area contributed by atoms with E-state index in [9.17, 15) is 24.3 Å². The van der Waals surface area contributed by atoms with E-state index in [0.29, 0.717) is 0 Å². The Kier molecular flexibility index (Phi) is 10.5. The summed E-state index contributed by atoms with van der Waals surface area (Å²) in [5.41, 5.74) is 22.3. The van der Waals surface area contributed by atoms with Crippen LogP contribution in [0, 0.1) is 0 Å².